The van der Waals surface area contributed by atoms with Crippen molar-refractivity contribution in [2.75, 3.05) is 6.61 Å². The molecular formula is C21H34O4. The largest absolute Gasteiger partial charge is 0.465 e. The summed E-state index contributed by atoms with van der Waals surface area (Å²) in [6, 6.07) is 0. The molecule has 1 aliphatic heterocycles. The Balaban J connectivity index is 1.74. The van der Waals surface area contributed by atoms with Gasteiger partial charge in [0.25, 0.3) is 0 Å². The molecule has 6 unspecified atom stereocenters. The van der Waals surface area contributed by atoms with Crippen molar-refractivity contribution in [3.8, 4) is 0 Å². The summed E-state index contributed by atoms with van der Waals surface area (Å²) in [5, 5.41) is 0. The highest BCUT2D eigenvalue weighted by molar-refractivity contribution is 5.77. The number of ether oxygens (including phenoxy) is 2. The Morgan fingerprint density at radius 2 is 1.92 bits per heavy atom. The first kappa shape index (κ1) is 18.7. The van der Waals surface area contributed by atoms with Crippen molar-refractivity contribution in [2.45, 2.75) is 72.8 Å². The molecule has 0 radical (unpaired) electrons. The highest BCUT2D eigenvalue weighted by atomic mass is 16.6. The van der Waals surface area contributed by atoms with E-state index in [9.17, 15) is 9.59 Å². The Kier molecular flexibility index (Phi) is 4.70. The standard InChI is InChI=1S/C21H34O4/c1-12(2)8-21(6,13(3)4)19(23)25-20(5)9-14-7-15(10-20)17-16(14)11-24-18(17)22/h12-17H,7-11H2,1-6H3. The van der Waals surface area contributed by atoms with Gasteiger partial charge < -0.3 is 9.47 Å². The van der Waals surface area contributed by atoms with Crippen molar-refractivity contribution >= 4 is 11.9 Å². The molecule has 0 aromatic heterocycles. The highest BCUT2D eigenvalue weighted by Crippen LogP contribution is 2.56. The third kappa shape index (κ3) is 3.21. The van der Waals surface area contributed by atoms with Crippen molar-refractivity contribution in [1.82, 2.24) is 0 Å². The smallest absolute Gasteiger partial charge is 0.312 e. The zero-order valence-corrected chi connectivity index (χ0v) is 16.6. The molecule has 142 valence electrons. The third-order valence-corrected chi connectivity index (χ3v) is 7.17. The van der Waals surface area contributed by atoms with E-state index >= 15 is 0 Å². The first-order valence-corrected chi connectivity index (χ1v) is 9.96. The van der Waals surface area contributed by atoms with E-state index in [1.165, 1.54) is 0 Å². The molecule has 2 aliphatic carbocycles. The second-order valence-electron chi connectivity index (χ2n) is 9.99. The molecule has 25 heavy (non-hydrogen) atoms. The normalized spacial score (nSPS) is 39.3. The fourth-order valence-corrected chi connectivity index (χ4v) is 5.70. The van der Waals surface area contributed by atoms with Crippen LogP contribution >= 0.6 is 0 Å². The number of hydrogen-bond acceptors (Lipinski definition) is 4. The number of hydrogen-bond donors (Lipinski definition) is 0. The van der Waals surface area contributed by atoms with Gasteiger partial charge >= 0.3 is 11.9 Å². The SMILES string of the molecule is CC(C)CC(C)(C(=O)OC1(C)CC2CC(C1)C1C(=O)OCC21)C(C)C. The number of cyclic esters (lactones) is 1. The molecule has 1 heterocycles. The minimum absolute atomic E-state index is 0.0279. The third-order valence-electron chi connectivity index (χ3n) is 7.17. The number of carbonyl (C=O) groups is 2. The first-order valence-electron chi connectivity index (χ1n) is 9.96. The van der Waals surface area contributed by atoms with Crippen LogP contribution in [0.3, 0.4) is 0 Å². The lowest BCUT2D eigenvalue weighted by Gasteiger charge is -2.42. The quantitative estimate of drug-likeness (QED) is 0.697. The second kappa shape index (κ2) is 6.28. The maximum Gasteiger partial charge on any atom is 0.312 e. The molecule has 3 rings (SSSR count). The van der Waals surface area contributed by atoms with E-state index in [4.69, 9.17) is 9.47 Å². The van der Waals surface area contributed by atoms with Crippen LogP contribution in [0.2, 0.25) is 0 Å². The van der Waals surface area contributed by atoms with Gasteiger partial charge in [0.05, 0.1) is 17.9 Å². The summed E-state index contributed by atoms with van der Waals surface area (Å²) in [6.07, 6.45) is 3.58. The van der Waals surface area contributed by atoms with Crippen LogP contribution in [0.1, 0.15) is 67.2 Å². The van der Waals surface area contributed by atoms with Crippen LogP contribution in [0.4, 0.5) is 0 Å². The summed E-state index contributed by atoms with van der Waals surface area (Å²) < 4.78 is 11.5. The highest BCUT2D eigenvalue weighted by Gasteiger charge is 2.59. The average molecular weight is 350 g/mol. The summed E-state index contributed by atoms with van der Waals surface area (Å²) in [7, 11) is 0. The van der Waals surface area contributed by atoms with Crippen LogP contribution in [0.5, 0.6) is 0 Å². The lowest BCUT2D eigenvalue weighted by Crippen LogP contribution is -2.45. The van der Waals surface area contributed by atoms with E-state index in [1.54, 1.807) is 0 Å². The minimum atomic E-state index is -0.456. The fraction of sp³-hybridized carbons (Fsp3) is 0.905. The lowest BCUT2D eigenvalue weighted by atomic mass is 9.72. The van der Waals surface area contributed by atoms with Crippen molar-refractivity contribution < 1.29 is 19.1 Å². The molecule has 4 heteroatoms. The number of esters is 2. The van der Waals surface area contributed by atoms with Crippen LogP contribution in [-0.4, -0.2) is 24.1 Å². The Hall–Kier alpha value is -1.06. The minimum Gasteiger partial charge on any atom is -0.465 e. The zero-order valence-electron chi connectivity index (χ0n) is 16.6. The van der Waals surface area contributed by atoms with Gasteiger partial charge in [0, 0.05) is 5.92 Å². The molecule has 2 bridgehead atoms. The Morgan fingerprint density at radius 1 is 1.28 bits per heavy atom. The van der Waals surface area contributed by atoms with Gasteiger partial charge in [-0.2, -0.15) is 0 Å². The van der Waals surface area contributed by atoms with Gasteiger partial charge in [-0.15, -0.1) is 0 Å². The lowest BCUT2D eigenvalue weighted by molar-refractivity contribution is -0.180. The zero-order chi connectivity index (χ0) is 18.6. The monoisotopic (exact) mass is 350 g/mol. The van der Waals surface area contributed by atoms with E-state index in [-0.39, 0.29) is 23.8 Å². The van der Waals surface area contributed by atoms with Crippen LogP contribution in [-0.2, 0) is 19.1 Å². The predicted octanol–water partition coefficient (Wildman–Crippen LogP) is 4.22. The molecule has 6 atom stereocenters. The van der Waals surface area contributed by atoms with E-state index < -0.39 is 11.0 Å². The van der Waals surface area contributed by atoms with Gasteiger partial charge in [-0.3, -0.25) is 9.59 Å². The maximum absolute atomic E-state index is 13.1. The van der Waals surface area contributed by atoms with Crippen molar-refractivity contribution in [3.05, 3.63) is 0 Å². The van der Waals surface area contributed by atoms with Gasteiger partial charge in [-0.05, 0) is 63.2 Å². The molecule has 0 amide bonds. The topological polar surface area (TPSA) is 52.6 Å². The number of fused-ring (bicyclic) bond motifs is 5. The van der Waals surface area contributed by atoms with E-state index in [0.29, 0.717) is 30.3 Å². The molecule has 0 N–H and O–H groups in total. The Labute approximate surface area is 152 Å². The summed E-state index contributed by atoms with van der Waals surface area (Å²) in [6.45, 7) is 13.2. The number of carbonyl (C=O) groups excluding carboxylic acids is 2. The van der Waals surface area contributed by atoms with Crippen LogP contribution in [0, 0.1) is 40.9 Å². The van der Waals surface area contributed by atoms with Crippen LogP contribution in [0.25, 0.3) is 0 Å². The molecule has 2 saturated carbocycles. The molecular weight excluding hydrogens is 316 g/mol. The van der Waals surface area contributed by atoms with Crippen molar-refractivity contribution in [3.63, 3.8) is 0 Å². The van der Waals surface area contributed by atoms with E-state index in [1.807, 2.05) is 6.92 Å². The summed E-state index contributed by atoms with van der Waals surface area (Å²) in [5.74, 6) is 1.73. The summed E-state index contributed by atoms with van der Waals surface area (Å²) in [4.78, 5) is 25.2. The summed E-state index contributed by atoms with van der Waals surface area (Å²) in [5.41, 5.74) is -0.898. The van der Waals surface area contributed by atoms with Gasteiger partial charge in [0.1, 0.15) is 5.60 Å². The molecule has 3 fully saturated rings. The first-order chi connectivity index (χ1) is 11.6. The number of rotatable bonds is 5. The van der Waals surface area contributed by atoms with Gasteiger partial charge in [-0.25, -0.2) is 0 Å². The van der Waals surface area contributed by atoms with Gasteiger partial charge in [0.15, 0.2) is 0 Å². The van der Waals surface area contributed by atoms with Gasteiger partial charge in [0.2, 0.25) is 0 Å². The molecule has 0 aromatic carbocycles. The average Bonchev–Trinajstić information content (AvgIpc) is 2.98. The fourth-order valence-electron chi connectivity index (χ4n) is 5.70. The van der Waals surface area contributed by atoms with Crippen LogP contribution in [0.15, 0.2) is 0 Å². The van der Waals surface area contributed by atoms with E-state index in [0.717, 1.165) is 25.7 Å². The summed E-state index contributed by atoms with van der Waals surface area (Å²) >= 11 is 0. The van der Waals surface area contributed by atoms with Gasteiger partial charge in [-0.1, -0.05) is 27.7 Å². The molecule has 1 saturated heterocycles. The second-order valence-corrected chi connectivity index (χ2v) is 9.99. The van der Waals surface area contributed by atoms with Crippen molar-refractivity contribution in [1.29, 1.82) is 0 Å². The molecule has 0 spiro atoms. The van der Waals surface area contributed by atoms with Crippen LogP contribution < -0.4 is 0 Å². The molecule has 4 nitrogen and oxygen atoms in total. The Bertz CT molecular complexity index is 554. The predicted molar refractivity (Wildman–Crippen MR) is 95.7 cm³/mol. The molecule has 0 aromatic rings. The Morgan fingerprint density at radius 3 is 2.52 bits per heavy atom. The van der Waals surface area contributed by atoms with Crippen molar-refractivity contribution in [2.24, 2.45) is 40.9 Å². The van der Waals surface area contributed by atoms with E-state index in [2.05, 4.69) is 34.6 Å². The molecule has 3 aliphatic rings. The maximum atomic E-state index is 13.1.